The van der Waals surface area contributed by atoms with Gasteiger partial charge in [-0.25, -0.2) is 0 Å². The van der Waals surface area contributed by atoms with E-state index in [1.807, 2.05) is 0 Å². The Bertz CT molecular complexity index is 710. The Kier molecular flexibility index (Phi) is 4.31. The summed E-state index contributed by atoms with van der Waals surface area (Å²) in [4.78, 5) is 10.4. The summed E-state index contributed by atoms with van der Waals surface area (Å²) in [6.07, 6.45) is 2.99. The average Bonchev–Trinajstić information content (AvgIpc) is 2.87. The molecule has 1 aromatic heterocycles. The van der Waals surface area contributed by atoms with Gasteiger partial charge in [-0.05, 0) is 30.7 Å². The van der Waals surface area contributed by atoms with E-state index in [1.54, 1.807) is 18.2 Å². The molecule has 0 aliphatic rings. The fraction of sp³-hybridized carbons (Fsp3) is 0.214. The normalized spacial score (nSPS) is 10.9. The topological polar surface area (TPSA) is 108 Å². The van der Waals surface area contributed by atoms with Gasteiger partial charge in [-0.15, -0.1) is 0 Å². The molecule has 2 aromatic rings. The first-order chi connectivity index (χ1) is 10.5. The highest BCUT2D eigenvalue weighted by Crippen LogP contribution is 2.37. The standard InChI is InChI=1S/C14H14N2O6/c1-8-13(16(18)19)10(22-15-8)5-4-9-6-11(20-2)14(17)12(7-9)21-3/h4-7,17H,1-3H3/b5-4-. The van der Waals surface area contributed by atoms with Crippen LogP contribution in [-0.4, -0.2) is 29.4 Å². The molecule has 2 rings (SSSR count). The third-order valence-corrected chi connectivity index (χ3v) is 2.97. The Morgan fingerprint density at radius 1 is 1.27 bits per heavy atom. The van der Waals surface area contributed by atoms with Gasteiger partial charge < -0.3 is 19.1 Å². The predicted molar refractivity (Wildman–Crippen MR) is 78.0 cm³/mol. The molecule has 0 atom stereocenters. The summed E-state index contributed by atoms with van der Waals surface area (Å²) >= 11 is 0. The number of methoxy groups -OCH3 is 2. The van der Waals surface area contributed by atoms with Crippen molar-refractivity contribution in [2.45, 2.75) is 6.92 Å². The van der Waals surface area contributed by atoms with E-state index in [9.17, 15) is 15.2 Å². The number of hydrogen-bond donors (Lipinski definition) is 1. The summed E-state index contributed by atoms with van der Waals surface area (Å²) in [5.41, 5.74) is 0.620. The van der Waals surface area contributed by atoms with E-state index in [1.165, 1.54) is 27.2 Å². The quantitative estimate of drug-likeness (QED) is 0.668. The van der Waals surface area contributed by atoms with Crippen LogP contribution in [0.5, 0.6) is 17.2 Å². The molecule has 0 spiro atoms. The van der Waals surface area contributed by atoms with Crippen molar-refractivity contribution >= 4 is 17.8 Å². The Morgan fingerprint density at radius 2 is 1.86 bits per heavy atom. The van der Waals surface area contributed by atoms with E-state index in [-0.39, 0.29) is 34.4 Å². The third-order valence-electron chi connectivity index (χ3n) is 2.97. The number of phenols is 1. The summed E-state index contributed by atoms with van der Waals surface area (Å²) < 4.78 is 15.0. The Labute approximate surface area is 125 Å². The maximum atomic E-state index is 11.0. The molecular weight excluding hydrogens is 292 g/mol. The molecule has 0 fully saturated rings. The number of aryl methyl sites for hydroxylation is 1. The van der Waals surface area contributed by atoms with Gasteiger partial charge in [0.15, 0.2) is 17.2 Å². The third kappa shape index (κ3) is 2.85. The molecule has 0 saturated carbocycles. The van der Waals surface area contributed by atoms with Crippen LogP contribution in [-0.2, 0) is 0 Å². The van der Waals surface area contributed by atoms with Gasteiger partial charge in [0.2, 0.25) is 11.5 Å². The van der Waals surface area contributed by atoms with Crippen molar-refractivity contribution in [2.75, 3.05) is 14.2 Å². The fourth-order valence-corrected chi connectivity index (χ4v) is 1.90. The number of aromatic nitrogens is 1. The van der Waals surface area contributed by atoms with Crippen molar-refractivity contribution in [3.05, 3.63) is 39.3 Å². The molecule has 0 radical (unpaired) electrons. The maximum Gasteiger partial charge on any atom is 0.338 e. The largest absolute Gasteiger partial charge is 0.502 e. The Hall–Kier alpha value is -3.03. The second-order valence-electron chi connectivity index (χ2n) is 4.35. The van der Waals surface area contributed by atoms with Gasteiger partial charge >= 0.3 is 5.69 Å². The van der Waals surface area contributed by atoms with Gasteiger partial charge in [0, 0.05) is 0 Å². The minimum absolute atomic E-state index is 0.0357. The SMILES string of the molecule is COc1cc(/C=C\c2onc(C)c2[N+](=O)[O-])cc(OC)c1O. The van der Waals surface area contributed by atoms with Gasteiger partial charge in [0.25, 0.3) is 0 Å². The number of ether oxygens (including phenoxy) is 2. The van der Waals surface area contributed by atoms with Crippen LogP contribution in [0.3, 0.4) is 0 Å². The zero-order chi connectivity index (χ0) is 16.3. The lowest BCUT2D eigenvalue weighted by Gasteiger charge is -2.09. The van der Waals surface area contributed by atoms with Gasteiger partial charge in [-0.1, -0.05) is 11.2 Å². The van der Waals surface area contributed by atoms with E-state index in [0.717, 1.165) is 0 Å². The van der Waals surface area contributed by atoms with Crippen molar-refractivity contribution in [2.24, 2.45) is 0 Å². The predicted octanol–water partition coefficient (Wildman–Crippen LogP) is 2.78. The molecule has 0 aliphatic heterocycles. The van der Waals surface area contributed by atoms with Crippen LogP contribution >= 0.6 is 0 Å². The lowest BCUT2D eigenvalue weighted by molar-refractivity contribution is -0.386. The van der Waals surface area contributed by atoms with Crippen LogP contribution in [0.1, 0.15) is 17.0 Å². The van der Waals surface area contributed by atoms with E-state index >= 15 is 0 Å². The number of benzene rings is 1. The molecule has 22 heavy (non-hydrogen) atoms. The number of phenolic OH excluding ortho intramolecular Hbond substituents is 1. The number of aromatic hydroxyl groups is 1. The van der Waals surface area contributed by atoms with Crippen LogP contribution in [0.4, 0.5) is 5.69 Å². The summed E-state index contributed by atoms with van der Waals surface area (Å²) in [5, 5.41) is 24.4. The van der Waals surface area contributed by atoms with Gasteiger partial charge in [-0.2, -0.15) is 0 Å². The molecule has 1 N–H and O–H groups in total. The minimum Gasteiger partial charge on any atom is -0.502 e. The van der Waals surface area contributed by atoms with Crippen LogP contribution < -0.4 is 9.47 Å². The molecule has 0 amide bonds. The van der Waals surface area contributed by atoms with E-state index < -0.39 is 4.92 Å². The van der Waals surface area contributed by atoms with Crippen LogP contribution in [0.2, 0.25) is 0 Å². The van der Waals surface area contributed by atoms with Crippen molar-refractivity contribution in [1.82, 2.24) is 5.16 Å². The van der Waals surface area contributed by atoms with Crippen LogP contribution in [0.15, 0.2) is 16.7 Å². The highest BCUT2D eigenvalue weighted by atomic mass is 16.6. The van der Waals surface area contributed by atoms with Gasteiger partial charge in [0.05, 0.1) is 19.1 Å². The van der Waals surface area contributed by atoms with E-state index in [4.69, 9.17) is 14.0 Å². The lowest BCUT2D eigenvalue weighted by atomic mass is 10.1. The highest BCUT2D eigenvalue weighted by Gasteiger charge is 2.22. The first-order valence-electron chi connectivity index (χ1n) is 6.21. The van der Waals surface area contributed by atoms with Crippen molar-refractivity contribution in [1.29, 1.82) is 0 Å². The number of nitrogens with zero attached hydrogens (tertiary/aromatic N) is 2. The molecule has 8 heteroatoms. The molecule has 1 heterocycles. The van der Waals surface area contributed by atoms with Crippen LogP contribution in [0, 0.1) is 17.0 Å². The van der Waals surface area contributed by atoms with Gasteiger partial charge in [0.1, 0.15) is 0 Å². The highest BCUT2D eigenvalue weighted by molar-refractivity contribution is 5.74. The number of rotatable bonds is 5. The summed E-state index contributed by atoms with van der Waals surface area (Å²) in [6, 6.07) is 3.12. The first-order valence-corrected chi connectivity index (χ1v) is 6.21. The molecule has 0 aliphatic carbocycles. The molecule has 0 bridgehead atoms. The molecule has 0 unspecified atom stereocenters. The monoisotopic (exact) mass is 306 g/mol. The smallest absolute Gasteiger partial charge is 0.338 e. The fourth-order valence-electron chi connectivity index (χ4n) is 1.90. The van der Waals surface area contributed by atoms with Crippen molar-refractivity contribution in [3.8, 4) is 17.2 Å². The zero-order valence-electron chi connectivity index (χ0n) is 12.2. The summed E-state index contributed by atoms with van der Waals surface area (Å²) in [7, 11) is 2.82. The zero-order valence-corrected chi connectivity index (χ0v) is 12.2. The molecule has 1 aromatic carbocycles. The second-order valence-corrected chi connectivity index (χ2v) is 4.35. The molecule has 8 nitrogen and oxygen atoms in total. The van der Waals surface area contributed by atoms with E-state index in [0.29, 0.717) is 5.56 Å². The summed E-state index contributed by atoms with van der Waals surface area (Å²) in [5.74, 6) is 0.363. The van der Waals surface area contributed by atoms with Gasteiger partial charge in [-0.3, -0.25) is 10.1 Å². The first kappa shape index (κ1) is 15.4. The summed E-state index contributed by atoms with van der Waals surface area (Å²) in [6.45, 7) is 1.49. The molecule has 116 valence electrons. The van der Waals surface area contributed by atoms with Crippen LogP contribution in [0.25, 0.3) is 12.2 Å². The second kappa shape index (κ2) is 6.17. The minimum atomic E-state index is -0.552. The lowest BCUT2D eigenvalue weighted by Crippen LogP contribution is -1.91. The number of hydrogen-bond acceptors (Lipinski definition) is 7. The Morgan fingerprint density at radius 3 is 2.36 bits per heavy atom. The maximum absolute atomic E-state index is 11.0. The average molecular weight is 306 g/mol. The van der Waals surface area contributed by atoms with Crippen molar-refractivity contribution in [3.63, 3.8) is 0 Å². The molecular formula is C14H14N2O6. The Balaban J connectivity index is 2.41. The molecule has 0 saturated heterocycles. The number of nitro groups is 1. The van der Waals surface area contributed by atoms with Crippen molar-refractivity contribution < 1.29 is 24.0 Å². The van der Waals surface area contributed by atoms with E-state index in [2.05, 4.69) is 5.16 Å².